The van der Waals surface area contributed by atoms with Crippen molar-refractivity contribution in [2.24, 2.45) is 0 Å². The van der Waals surface area contributed by atoms with Gasteiger partial charge in [-0.05, 0) is 41.8 Å². The molecule has 0 bridgehead atoms. The van der Waals surface area contributed by atoms with Crippen LogP contribution in [0.1, 0.15) is 22.2 Å². The van der Waals surface area contributed by atoms with E-state index in [1.165, 1.54) is 16.9 Å². The smallest absolute Gasteiger partial charge is 0.0766 e. The minimum absolute atomic E-state index is 0.0434. The summed E-state index contributed by atoms with van der Waals surface area (Å²) in [7, 11) is 0. The molecule has 3 heterocycles. The molecule has 0 aliphatic carbocycles. The molecule has 1 aliphatic heterocycles. The number of nitrogens with one attached hydrogen (secondary N) is 1. The molecule has 3 heteroatoms. The maximum absolute atomic E-state index is 3.66. The molecular formula is C12H13NS2. The number of rotatable bonds is 1. The highest BCUT2D eigenvalue weighted by Gasteiger charge is 2.34. The number of hydrogen-bond donors (Lipinski definition) is 1. The van der Waals surface area contributed by atoms with Gasteiger partial charge < -0.3 is 5.32 Å². The zero-order valence-corrected chi connectivity index (χ0v) is 10.3. The summed E-state index contributed by atoms with van der Waals surface area (Å²) in [6, 6.07) is 6.63. The highest BCUT2D eigenvalue weighted by Crippen LogP contribution is 2.38. The first-order valence-corrected chi connectivity index (χ1v) is 6.92. The van der Waals surface area contributed by atoms with Crippen LogP contribution in [-0.2, 0) is 12.0 Å². The Morgan fingerprint density at radius 1 is 1.27 bits per heavy atom. The molecule has 2 aromatic rings. The summed E-state index contributed by atoms with van der Waals surface area (Å²) in [4.78, 5) is 2.96. The van der Waals surface area contributed by atoms with Crippen molar-refractivity contribution in [3.63, 3.8) is 0 Å². The zero-order chi connectivity index (χ0) is 10.3. The molecule has 78 valence electrons. The Balaban J connectivity index is 2.15. The standard InChI is InChI=1S/C12H13NS2/c1-12(11-3-2-7-15-11)9-5-8-14-10(9)4-6-13-12/h2-3,5,7-8,13H,4,6H2,1H3/t12-/m0/s1. The first kappa shape index (κ1) is 9.58. The number of thiophene rings is 2. The van der Waals surface area contributed by atoms with Crippen LogP contribution in [0.25, 0.3) is 0 Å². The van der Waals surface area contributed by atoms with Crippen molar-refractivity contribution < 1.29 is 0 Å². The third-order valence-corrected chi connectivity index (χ3v) is 5.20. The van der Waals surface area contributed by atoms with Gasteiger partial charge in [-0.25, -0.2) is 0 Å². The molecular weight excluding hydrogens is 222 g/mol. The van der Waals surface area contributed by atoms with Crippen molar-refractivity contribution in [2.45, 2.75) is 18.9 Å². The highest BCUT2D eigenvalue weighted by atomic mass is 32.1. The van der Waals surface area contributed by atoms with Gasteiger partial charge in [-0.1, -0.05) is 6.07 Å². The van der Waals surface area contributed by atoms with Crippen molar-refractivity contribution in [1.82, 2.24) is 5.32 Å². The van der Waals surface area contributed by atoms with Gasteiger partial charge in [0.05, 0.1) is 5.54 Å². The molecule has 1 atom stereocenters. The monoisotopic (exact) mass is 235 g/mol. The molecule has 0 spiro atoms. The van der Waals surface area contributed by atoms with E-state index in [9.17, 15) is 0 Å². The minimum Gasteiger partial charge on any atom is -0.303 e. The maximum Gasteiger partial charge on any atom is 0.0766 e. The van der Waals surface area contributed by atoms with Crippen molar-refractivity contribution >= 4 is 22.7 Å². The Hall–Kier alpha value is -0.640. The Labute approximate surface area is 97.8 Å². The third-order valence-electron chi connectivity index (χ3n) is 3.13. The van der Waals surface area contributed by atoms with E-state index < -0.39 is 0 Å². The van der Waals surface area contributed by atoms with Crippen molar-refractivity contribution in [3.8, 4) is 0 Å². The molecule has 0 radical (unpaired) electrons. The predicted octanol–water partition coefficient (Wildman–Crippen LogP) is 3.22. The molecule has 0 saturated carbocycles. The summed E-state index contributed by atoms with van der Waals surface area (Å²) in [6.45, 7) is 3.38. The summed E-state index contributed by atoms with van der Waals surface area (Å²) in [6.07, 6.45) is 1.17. The van der Waals surface area contributed by atoms with E-state index in [4.69, 9.17) is 0 Å². The fourth-order valence-corrected chi connectivity index (χ4v) is 4.15. The van der Waals surface area contributed by atoms with E-state index in [0.717, 1.165) is 6.54 Å². The summed E-state index contributed by atoms with van der Waals surface area (Å²) in [5.74, 6) is 0. The van der Waals surface area contributed by atoms with E-state index in [1.807, 2.05) is 22.7 Å². The minimum atomic E-state index is 0.0434. The largest absolute Gasteiger partial charge is 0.303 e. The van der Waals surface area contributed by atoms with Gasteiger partial charge in [0.1, 0.15) is 0 Å². The maximum atomic E-state index is 3.66. The second-order valence-corrected chi connectivity index (χ2v) is 5.98. The van der Waals surface area contributed by atoms with Gasteiger partial charge in [-0.2, -0.15) is 0 Å². The van der Waals surface area contributed by atoms with Gasteiger partial charge in [0.15, 0.2) is 0 Å². The quantitative estimate of drug-likeness (QED) is 0.800. The van der Waals surface area contributed by atoms with E-state index in [2.05, 4.69) is 41.2 Å². The average Bonchev–Trinajstić information content (AvgIpc) is 2.89. The van der Waals surface area contributed by atoms with Crippen LogP contribution in [0.15, 0.2) is 29.0 Å². The lowest BCUT2D eigenvalue weighted by molar-refractivity contribution is 0.426. The first-order chi connectivity index (χ1) is 7.31. The molecule has 0 fully saturated rings. The molecule has 1 N–H and O–H groups in total. The number of hydrogen-bond acceptors (Lipinski definition) is 3. The normalized spacial score (nSPS) is 25.1. The second-order valence-electron chi connectivity index (χ2n) is 4.04. The van der Waals surface area contributed by atoms with Gasteiger partial charge in [0.2, 0.25) is 0 Å². The van der Waals surface area contributed by atoms with E-state index >= 15 is 0 Å². The second kappa shape index (κ2) is 3.44. The van der Waals surface area contributed by atoms with Crippen molar-refractivity contribution in [1.29, 1.82) is 0 Å². The van der Waals surface area contributed by atoms with Gasteiger partial charge in [-0.15, -0.1) is 22.7 Å². The van der Waals surface area contributed by atoms with Crippen molar-refractivity contribution in [3.05, 3.63) is 44.3 Å². The van der Waals surface area contributed by atoms with Gasteiger partial charge in [0, 0.05) is 16.3 Å². The molecule has 0 unspecified atom stereocenters. The molecule has 15 heavy (non-hydrogen) atoms. The Bertz CT molecular complexity index is 458. The molecule has 2 aromatic heterocycles. The molecule has 1 aliphatic rings. The van der Waals surface area contributed by atoms with E-state index in [0.29, 0.717) is 0 Å². The Morgan fingerprint density at radius 2 is 2.20 bits per heavy atom. The third kappa shape index (κ3) is 1.38. The highest BCUT2D eigenvalue weighted by molar-refractivity contribution is 7.10. The topological polar surface area (TPSA) is 12.0 Å². The lowest BCUT2D eigenvalue weighted by atomic mass is 9.87. The van der Waals surface area contributed by atoms with E-state index in [-0.39, 0.29) is 5.54 Å². The van der Waals surface area contributed by atoms with Gasteiger partial charge in [-0.3, -0.25) is 0 Å². The van der Waals surface area contributed by atoms with Crippen LogP contribution < -0.4 is 5.32 Å². The summed E-state index contributed by atoms with van der Waals surface area (Å²) < 4.78 is 0. The fourth-order valence-electron chi connectivity index (χ4n) is 2.28. The van der Waals surface area contributed by atoms with Crippen LogP contribution >= 0.6 is 22.7 Å². The van der Waals surface area contributed by atoms with Crippen LogP contribution in [0.4, 0.5) is 0 Å². The molecule has 1 nitrogen and oxygen atoms in total. The summed E-state index contributed by atoms with van der Waals surface area (Å²) in [5.41, 5.74) is 1.52. The van der Waals surface area contributed by atoms with Gasteiger partial charge >= 0.3 is 0 Å². The van der Waals surface area contributed by atoms with Gasteiger partial charge in [0.25, 0.3) is 0 Å². The van der Waals surface area contributed by atoms with Crippen LogP contribution in [0, 0.1) is 0 Å². The summed E-state index contributed by atoms with van der Waals surface area (Å²) in [5, 5.41) is 8.02. The van der Waals surface area contributed by atoms with Crippen LogP contribution in [-0.4, -0.2) is 6.54 Å². The van der Waals surface area contributed by atoms with Crippen molar-refractivity contribution in [2.75, 3.05) is 6.54 Å². The van der Waals surface area contributed by atoms with Crippen LogP contribution in [0.2, 0.25) is 0 Å². The predicted molar refractivity (Wildman–Crippen MR) is 66.8 cm³/mol. The van der Waals surface area contributed by atoms with Crippen LogP contribution in [0.3, 0.4) is 0 Å². The average molecular weight is 235 g/mol. The first-order valence-electron chi connectivity index (χ1n) is 5.16. The Morgan fingerprint density at radius 3 is 3.00 bits per heavy atom. The molecule has 0 amide bonds. The fraction of sp³-hybridized carbons (Fsp3) is 0.333. The zero-order valence-electron chi connectivity index (χ0n) is 8.62. The number of fused-ring (bicyclic) bond motifs is 1. The van der Waals surface area contributed by atoms with E-state index in [1.54, 1.807) is 4.88 Å². The molecule has 0 saturated heterocycles. The lowest BCUT2D eigenvalue weighted by Crippen LogP contribution is -2.44. The SMILES string of the molecule is C[C@]1(c2cccs2)NCCc2sccc21. The molecule has 3 rings (SSSR count). The Kier molecular flexibility index (Phi) is 2.20. The lowest BCUT2D eigenvalue weighted by Gasteiger charge is -2.34. The summed E-state index contributed by atoms with van der Waals surface area (Å²) >= 11 is 3.73. The van der Waals surface area contributed by atoms with Crippen LogP contribution in [0.5, 0.6) is 0 Å². The molecule has 0 aromatic carbocycles.